The topological polar surface area (TPSA) is 47.1 Å². The largest absolute Gasteiger partial charge is 0.423 e. The third-order valence-corrected chi connectivity index (χ3v) is 3.02. The summed E-state index contributed by atoms with van der Waals surface area (Å²) in [5.41, 5.74) is 0.0836. The van der Waals surface area contributed by atoms with Gasteiger partial charge < -0.3 is 14.5 Å². The van der Waals surface area contributed by atoms with Crippen LogP contribution in [-0.4, -0.2) is 16.0 Å². The number of fused-ring (bicyclic) bond motifs is 2. The molecule has 1 N–H and O–H groups in total. The Bertz CT molecular complexity index is 681. The van der Waals surface area contributed by atoms with E-state index in [0.29, 0.717) is 0 Å². The highest BCUT2D eigenvalue weighted by molar-refractivity contribution is 6.66. The van der Waals surface area contributed by atoms with Crippen molar-refractivity contribution < 1.29 is 18.3 Å². The highest BCUT2D eigenvalue weighted by Gasteiger charge is 2.40. The predicted molar refractivity (Wildman–Crippen MR) is 66.1 cm³/mol. The van der Waals surface area contributed by atoms with Gasteiger partial charge in [0.05, 0.1) is 5.52 Å². The lowest BCUT2D eigenvalue weighted by atomic mass is 10.2. The summed E-state index contributed by atoms with van der Waals surface area (Å²) < 4.78 is 35.3. The molecule has 4 nitrogen and oxygen atoms in total. The second-order valence-corrected chi connectivity index (χ2v) is 6.32. The van der Waals surface area contributed by atoms with Crippen molar-refractivity contribution in [3.8, 4) is 11.5 Å². The van der Waals surface area contributed by atoms with Crippen molar-refractivity contribution >= 4 is 45.8 Å². The molecule has 1 aromatic heterocycles. The maximum Gasteiger partial charge on any atom is 0.404 e. The van der Waals surface area contributed by atoms with Gasteiger partial charge in [0.25, 0.3) is 0 Å². The van der Waals surface area contributed by atoms with Crippen LogP contribution in [0.4, 0.5) is 8.78 Å². The molecule has 19 heavy (non-hydrogen) atoms. The monoisotopic (exact) mass is 328 g/mol. The molecule has 102 valence electrons. The van der Waals surface area contributed by atoms with Crippen LogP contribution in [0, 0.1) is 5.82 Å². The third-order valence-electron chi connectivity index (χ3n) is 2.48. The number of hydrogen-bond donors (Lipinski definition) is 1. The van der Waals surface area contributed by atoms with Gasteiger partial charge in [0.1, 0.15) is 5.52 Å². The van der Waals surface area contributed by atoms with Gasteiger partial charge in [-0.3, -0.25) is 0 Å². The zero-order chi connectivity index (χ0) is 14.0. The molecule has 2 heterocycles. The zero-order valence-electron chi connectivity index (χ0n) is 9.23. The van der Waals surface area contributed by atoms with Crippen LogP contribution in [-0.2, 0) is 3.79 Å². The summed E-state index contributed by atoms with van der Waals surface area (Å²) in [6.45, 7) is 1.01. The highest BCUT2D eigenvalue weighted by atomic mass is 35.6. The van der Waals surface area contributed by atoms with Crippen molar-refractivity contribution in [3.05, 3.63) is 17.7 Å². The number of imidazole rings is 1. The molecule has 0 amide bonds. The van der Waals surface area contributed by atoms with E-state index in [9.17, 15) is 8.78 Å². The Hall–Kier alpha value is -0.980. The number of aromatic nitrogens is 2. The Kier molecular flexibility index (Phi) is 2.59. The van der Waals surface area contributed by atoms with E-state index in [1.54, 1.807) is 0 Å². The lowest BCUT2D eigenvalue weighted by Gasteiger charge is -2.10. The summed E-state index contributed by atoms with van der Waals surface area (Å²) in [6, 6.07) is -1.09. The van der Waals surface area contributed by atoms with Gasteiger partial charge in [-0.25, -0.2) is 9.37 Å². The Morgan fingerprint density at radius 2 is 2.05 bits per heavy atom. The number of hydrogen-bond acceptors (Lipinski definition) is 3. The standard InChI is InChI=1S/C10H5Cl3F2N2O2/c1-9(15)18-4-2-3-6(5(14)7(4)19-9)17-8(16-3)10(11,12)13/h2H,1H3,(H,16,17). The van der Waals surface area contributed by atoms with Gasteiger partial charge >= 0.3 is 6.04 Å². The molecule has 0 radical (unpaired) electrons. The van der Waals surface area contributed by atoms with Gasteiger partial charge in [-0.2, -0.15) is 4.39 Å². The number of alkyl halides is 4. The summed E-state index contributed by atoms with van der Waals surface area (Å²) in [6.07, 6.45) is 0. The van der Waals surface area contributed by atoms with Crippen LogP contribution in [0.15, 0.2) is 6.07 Å². The molecule has 3 rings (SSSR count). The fourth-order valence-corrected chi connectivity index (χ4v) is 2.04. The van der Waals surface area contributed by atoms with Gasteiger partial charge in [-0.15, -0.1) is 0 Å². The Labute approximate surface area is 120 Å². The smallest absolute Gasteiger partial charge is 0.404 e. The van der Waals surface area contributed by atoms with Gasteiger partial charge in [0.15, 0.2) is 17.4 Å². The molecular weight excluding hydrogens is 324 g/mol. The fourth-order valence-electron chi connectivity index (χ4n) is 1.78. The quantitative estimate of drug-likeness (QED) is 0.745. The van der Waals surface area contributed by atoms with Crippen molar-refractivity contribution in [1.82, 2.24) is 9.97 Å². The minimum Gasteiger partial charge on any atom is -0.423 e. The van der Waals surface area contributed by atoms with E-state index >= 15 is 0 Å². The summed E-state index contributed by atoms with van der Waals surface area (Å²) >= 11 is 16.9. The van der Waals surface area contributed by atoms with Gasteiger partial charge in [0, 0.05) is 13.0 Å². The average Bonchev–Trinajstić information content (AvgIpc) is 2.78. The van der Waals surface area contributed by atoms with E-state index in [4.69, 9.17) is 44.3 Å². The minimum atomic E-state index is -2.42. The fraction of sp³-hybridized carbons (Fsp3) is 0.300. The van der Waals surface area contributed by atoms with Gasteiger partial charge in [-0.1, -0.05) is 34.8 Å². The number of ether oxygens (including phenoxy) is 2. The van der Waals surface area contributed by atoms with E-state index in [0.717, 1.165) is 6.92 Å². The summed E-state index contributed by atoms with van der Waals surface area (Å²) in [4.78, 5) is 6.45. The first-order valence-electron chi connectivity index (χ1n) is 5.04. The second kappa shape index (κ2) is 3.77. The van der Waals surface area contributed by atoms with Crippen LogP contribution >= 0.6 is 34.8 Å². The maximum atomic E-state index is 14.1. The van der Waals surface area contributed by atoms with Crippen molar-refractivity contribution in [2.75, 3.05) is 0 Å². The molecular formula is C10H5Cl3F2N2O2. The molecule has 1 atom stereocenters. The minimum absolute atomic E-state index is 0.0573. The van der Waals surface area contributed by atoms with Crippen molar-refractivity contribution in [2.24, 2.45) is 0 Å². The number of halogens is 5. The summed E-state index contributed by atoms with van der Waals surface area (Å²) in [7, 11) is 0. The molecule has 0 saturated carbocycles. The van der Waals surface area contributed by atoms with E-state index in [2.05, 4.69) is 9.97 Å². The van der Waals surface area contributed by atoms with Crippen molar-refractivity contribution in [3.63, 3.8) is 0 Å². The van der Waals surface area contributed by atoms with E-state index in [-0.39, 0.29) is 28.4 Å². The number of nitrogens with zero attached hydrogens (tertiary/aromatic N) is 1. The zero-order valence-corrected chi connectivity index (χ0v) is 11.5. The molecule has 9 heteroatoms. The molecule has 1 aromatic carbocycles. The second-order valence-electron chi connectivity index (χ2n) is 4.04. The van der Waals surface area contributed by atoms with Crippen LogP contribution in [0.1, 0.15) is 12.7 Å². The van der Waals surface area contributed by atoms with Crippen LogP contribution in [0.5, 0.6) is 11.5 Å². The molecule has 0 bridgehead atoms. The first kappa shape index (κ1) is 13.0. The summed E-state index contributed by atoms with van der Waals surface area (Å²) in [5, 5.41) is 0. The lowest BCUT2D eigenvalue weighted by Crippen LogP contribution is -2.28. The molecule has 0 aliphatic carbocycles. The Morgan fingerprint density at radius 3 is 2.68 bits per heavy atom. The number of benzene rings is 1. The lowest BCUT2D eigenvalue weighted by molar-refractivity contribution is -0.174. The van der Waals surface area contributed by atoms with Gasteiger partial charge in [-0.05, 0) is 0 Å². The van der Waals surface area contributed by atoms with Crippen LogP contribution < -0.4 is 9.47 Å². The molecule has 1 aliphatic heterocycles. The van der Waals surface area contributed by atoms with Crippen LogP contribution in [0.2, 0.25) is 0 Å². The predicted octanol–water partition coefficient (Wildman–Crippen LogP) is 3.94. The van der Waals surface area contributed by atoms with Crippen molar-refractivity contribution in [2.45, 2.75) is 16.8 Å². The Balaban J connectivity index is 2.21. The normalized spacial score (nSPS) is 22.2. The molecule has 1 aliphatic rings. The highest BCUT2D eigenvalue weighted by Crippen LogP contribution is 2.45. The van der Waals surface area contributed by atoms with Crippen molar-refractivity contribution in [1.29, 1.82) is 0 Å². The molecule has 2 aromatic rings. The number of rotatable bonds is 0. The number of H-pyrrole nitrogens is 1. The molecule has 0 fully saturated rings. The number of aromatic amines is 1. The third kappa shape index (κ3) is 2.07. The van der Waals surface area contributed by atoms with Crippen LogP contribution in [0.3, 0.4) is 0 Å². The molecule has 0 spiro atoms. The van der Waals surface area contributed by atoms with E-state index in [1.807, 2.05) is 0 Å². The number of nitrogens with one attached hydrogen (secondary N) is 1. The van der Waals surface area contributed by atoms with E-state index in [1.165, 1.54) is 6.07 Å². The van der Waals surface area contributed by atoms with Gasteiger partial charge in [0.2, 0.25) is 9.54 Å². The van der Waals surface area contributed by atoms with E-state index < -0.39 is 15.7 Å². The SMILES string of the molecule is CC1(F)Oc2cc3[nH]c(C(Cl)(Cl)Cl)nc3c(F)c2O1. The molecule has 0 saturated heterocycles. The molecule has 1 unspecified atom stereocenters. The Morgan fingerprint density at radius 1 is 1.37 bits per heavy atom. The maximum absolute atomic E-state index is 14.1. The van der Waals surface area contributed by atoms with Crippen LogP contribution in [0.25, 0.3) is 11.0 Å². The average molecular weight is 330 g/mol. The first-order chi connectivity index (χ1) is 8.67. The summed E-state index contributed by atoms with van der Waals surface area (Å²) in [5.74, 6) is -1.39. The first-order valence-corrected chi connectivity index (χ1v) is 6.17.